The van der Waals surface area contributed by atoms with Gasteiger partial charge >= 0.3 is 5.97 Å². The molecule has 11 heteroatoms. The van der Waals surface area contributed by atoms with E-state index in [0.29, 0.717) is 12.5 Å². The number of H-pyrrole nitrogens is 2. The van der Waals surface area contributed by atoms with Gasteiger partial charge in [0.15, 0.2) is 10.6 Å². The van der Waals surface area contributed by atoms with Crippen molar-refractivity contribution in [3.63, 3.8) is 0 Å². The van der Waals surface area contributed by atoms with Gasteiger partial charge in [-0.25, -0.2) is 18.9 Å². The van der Waals surface area contributed by atoms with Crippen LogP contribution in [0.3, 0.4) is 0 Å². The molecule has 1 unspecified atom stereocenters. The lowest BCUT2D eigenvalue weighted by atomic mass is 10.0. The zero-order chi connectivity index (χ0) is 23.4. The van der Waals surface area contributed by atoms with Crippen molar-refractivity contribution in [2.75, 3.05) is 7.11 Å². The van der Waals surface area contributed by atoms with Gasteiger partial charge in [0.05, 0.1) is 19.9 Å². The Hall–Kier alpha value is -3.60. The summed E-state index contributed by atoms with van der Waals surface area (Å²) in [6.07, 6.45) is -0.989. The third-order valence-corrected chi connectivity index (χ3v) is 4.94. The predicted molar refractivity (Wildman–Crippen MR) is 119 cm³/mol. The van der Waals surface area contributed by atoms with Gasteiger partial charge in [-0.15, -0.1) is 0 Å². The molecule has 1 aromatic carbocycles. The zero-order valence-corrected chi connectivity index (χ0v) is 18.4. The number of methoxy groups -OCH3 is 1. The first-order chi connectivity index (χ1) is 15.2. The topological polar surface area (TPSA) is 125 Å². The number of aliphatic imine (C=N–C) groups is 1. The van der Waals surface area contributed by atoms with Gasteiger partial charge < -0.3 is 14.8 Å². The van der Waals surface area contributed by atoms with Gasteiger partial charge in [-0.05, 0) is 29.3 Å². The van der Waals surface area contributed by atoms with Crippen molar-refractivity contribution >= 4 is 29.7 Å². The number of carbonyl (C=O) groups excluding carboxylic acids is 1. The Labute approximate surface area is 187 Å². The average Bonchev–Trinajstić information content (AvgIpc) is 3.18. The van der Waals surface area contributed by atoms with E-state index >= 15 is 0 Å². The van der Waals surface area contributed by atoms with Crippen LogP contribution in [0.1, 0.15) is 36.5 Å². The zero-order valence-electron chi connectivity index (χ0n) is 17.6. The summed E-state index contributed by atoms with van der Waals surface area (Å²) in [7, 11) is 1.00. The molecule has 168 valence electrons. The largest absolute Gasteiger partial charge is 0.494 e. The number of rotatable bonds is 7. The number of aromatic amines is 2. The van der Waals surface area contributed by atoms with Gasteiger partial charge in [-0.3, -0.25) is 9.78 Å². The molecule has 3 N–H and O–H groups in total. The summed E-state index contributed by atoms with van der Waals surface area (Å²) in [6, 6.07) is 9.41. The van der Waals surface area contributed by atoms with Crippen LogP contribution < -0.4 is 5.56 Å². The highest BCUT2D eigenvalue weighted by molar-refractivity contribution is 7.71. The third kappa shape index (κ3) is 4.99. The second kappa shape index (κ2) is 9.69. The summed E-state index contributed by atoms with van der Waals surface area (Å²) >= 11 is 4.80. The minimum atomic E-state index is -2.44. The van der Waals surface area contributed by atoms with Crippen LogP contribution in [0.25, 0.3) is 0 Å². The molecule has 2 aromatic heterocycles. The van der Waals surface area contributed by atoms with Gasteiger partial charge in [0.25, 0.3) is 5.56 Å². The van der Waals surface area contributed by atoms with Gasteiger partial charge in [-0.1, -0.05) is 38.1 Å². The molecule has 1 atom stereocenters. The van der Waals surface area contributed by atoms with Crippen LogP contribution in [-0.4, -0.2) is 49.8 Å². The molecule has 0 spiro atoms. The lowest BCUT2D eigenvalue weighted by molar-refractivity contribution is -0.143. The Balaban J connectivity index is 2.06. The van der Waals surface area contributed by atoms with E-state index in [0.717, 1.165) is 12.7 Å². The molecule has 3 rings (SSSR count). The fourth-order valence-electron chi connectivity index (χ4n) is 3.01. The second-order valence-corrected chi connectivity index (χ2v) is 7.67. The van der Waals surface area contributed by atoms with E-state index in [9.17, 15) is 19.1 Å². The molecule has 3 aromatic rings. The normalized spacial score (nSPS) is 12.7. The Morgan fingerprint density at radius 2 is 1.97 bits per heavy atom. The second-order valence-electron chi connectivity index (χ2n) is 7.26. The fraction of sp³-hybridized carbons (Fsp3) is 0.286. The van der Waals surface area contributed by atoms with E-state index in [1.165, 1.54) is 22.5 Å². The maximum atomic E-state index is 14.9. The molecule has 2 heterocycles. The van der Waals surface area contributed by atoms with E-state index in [1.807, 2.05) is 24.3 Å². The highest BCUT2D eigenvalue weighted by Gasteiger charge is 2.31. The standard InChI is InChI=1S/C21H22FN5O4S/c1-11(2)13-6-4-12(5-7-13)10-27-14(8-9-23-27)24-17(16(22)20(30)31-3)15-18(28)25-21(32)26-19(15)29/h4-9,11,16H,10H2,1-3H3,(H3,25,26,28,29,32). The summed E-state index contributed by atoms with van der Waals surface area (Å²) in [5, 5.41) is 14.4. The third-order valence-electron chi connectivity index (χ3n) is 4.74. The monoisotopic (exact) mass is 459 g/mol. The number of nitrogens with zero attached hydrogens (tertiary/aromatic N) is 3. The maximum Gasteiger partial charge on any atom is 0.346 e. The quantitative estimate of drug-likeness (QED) is 0.283. The lowest BCUT2D eigenvalue weighted by Gasteiger charge is -2.12. The van der Waals surface area contributed by atoms with Crippen molar-refractivity contribution in [3.8, 4) is 5.88 Å². The van der Waals surface area contributed by atoms with Crippen molar-refractivity contribution in [1.82, 2.24) is 19.7 Å². The number of benzene rings is 1. The summed E-state index contributed by atoms with van der Waals surface area (Å²) in [5.74, 6) is -1.44. The number of hydrogen-bond donors (Lipinski definition) is 3. The van der Waals surface area contributed by atoms with E-state index in [-0.39, 0.29) is 10.6 Å². The number of halogens is 1. The average molecular weight is 460 g/mol. The smallest absolute Gasteiger partial charge is 0.346 e. The van der Waals surface area contributed by atoms with Crippen molar-refractivity contribution in [1.29, 1.82) is 0 Å². The van der Waals surface area contributed by atoms with Crippen LogP contribution in [0.4, 0.5) is 10.2 Å². The SMILES string of the molecule is COC(=O)C(F)C(=Nc1ccnn1Cc1ccc(C(C)C)cc1)c1c(O)[nH]c(=S)[nH]c1=O. The van der Waals surface area contributed by atoms with E-state index in [4.69, 9.17) is 12.2 Å². The summed E-state index contributed by atoms with van der Waals surface area (Å²) in [5.41, 5.74) is -0.00855. The number of carbonyl (C=O) groups is 1. The van der Waals surface area contributed by atoms with E-state index < -0.39 is 34.9 Å². The Morgan fingerprint density at radius 1 is 1.28 bits per heavy atom. The van der Waals surface area contributed by atoms with Gasteiger partial charge in [0.2, 0.25) is 12.1 Å². The summed E-state index contributed by atoms with van der Waals surface area (Å²) in [4.78, 5) is 33.0. The van der Waals surface area contributed by atoms with Crippen LogP contribution in [0.2, 0.25) is 0 Å². The molecule has 0 saturated heterocycles. The number of ether oxygens (including phenoxy) is 1. The minimum Gasteiger partial charge on any atom is -0.494 e. The number of hydrogen-bond acceptors (Lipinski definition) is 7. The number of esters is 1. The van der Waals surface area contributed by atoms with Gasteiger partial charge in [0.1, 0.15) is 11.3 Å². The number of alkyl halides is 1. The minimum absolute atomic E-state index is 0.167. The van der Waals surface area contributed by atoms with Crippen LogP contribution >= 0.6 is 12.2 Å². The molecule has 9 nitrogen and oxygen atoms in total. The molecule has 0 aliphatic heterocycles. The predicted octanol–water partition coefficient (Wildman–Crippen LogP) is 3.14. The number of aromatic nitrogens is 4. The molecular weight excluding hydrogens is 437 g/mol. The first-order valence-electron chi connectivity index (χ1n) is 9.68. The van der Waals surface area contributed by atoms with Crippen molar-refractivity contribution < 1.29 is 19.0 Å². The Bertz CT molecular complexity index is 1260. The van der Waals surface area contributed by atoms with Crippen LogP contribution in [0, 0.1) is 4.77 Å². The molecule has 0 amide bonds. The molecule has 0 aliphatic rings. The highest BCUT2D eigenvalue weighted by Crippen LogP contribution is 2.21. The van der Waals surface area contributed by atoms with Gasteiger partial charge in [-0.2, -0.15) is 5.10 Å². The molecule has 0 bridgehead atoms. The molecule has 0 radical (unpaired) electrons. The van der Waals surface area contributed by atoms with Gasteiger partial charge in [0, 0.05) is 6.07 Å². The molecular formula is C21H22FN5O4S. The summed E-state index contributed by atoms with van der Waals surface area (Å²) in [6.45, 7) is 4.50. The maximum absolute atomic E-state index is 14.9. The fourth-order valence-corrected chi connectivity index (χ4v) is 3.20. The molecule has 0 saturated carbocycles. The number of nitrogens with one attached hydrogen (secondary N) is 2. The lowest BCUT2D eigenvalue weighted by Crippen LogP contribution is -2.32. The summed E-state index contributed by atoms with van der Waals surface area (Å²) < 4.78 is 20.7. The first kappa shape index (κ1) is 23.1. The van der Waals surface area contributed by atoms with E-state index in [1.54, 1.807) is 0 Å². The molecule has 0 aliphatic carbocycles. The van der Waals surface area contributed by atoms with Crippen molar-refractivity contribution in [2.45, 2.75) is 32.5 Å². The number of aromatic hydroxyl groups is 1. The molecule has 0 fully saturated rings. The van der Waals surface area contributed by atoms with Crippen molar-refractivity contribution in [3.05, 3.63) is 68.3 Å². The highest BCUT2D eigenvalue weighted by atomic mass is 32.1. The molecule has 32 heavy (non-hydrogen) atoms. The van der Waals surface area contributed by atoms with Crippen molar-refractivity contribution in [2.24, 2.45) is 4.99 Å². The first-order valence-corrected chi connectivity index (χ1v) is 10.1. The Kier molecular flexibility index (Phi) is 6.98. The Morgan fingerprint density at radius 3 is 2.56 bits per heavy atom. The van der Waals surface area contributed by atoms with Crippen LogP contribution in [0.5, 0.6) is 5.88 Å². The van der Waals surface area contributed by atoms with Crippen LogP contribution in [-0.2, 0) is 16.1 Å². The van der Waals surface area contributed by atoms with Crippen LogP contribution in [0.15, 0.2) is 46.3 Å². The van der Waals surface area contributed by atoms with E-state index in [2.05, 4.69) is 38.6 Å².